The van der Waals surface area contributed by atoms with Crippen LogP contribution in [0.4, 0.5) is 0 Å². The lowest BCUT2D eigenvalue weighted by Gasteiger charge is -2.20. The number of carboxylic acids is 1. The number of carboxylic acid groups (broad SMARTS) is 1. The standard InChI is InChI=1S/C13H16ClNO3S/c1-13(2,3)15-11(16)7-19-8-4-5-10(14)9(6-8)12(17)18/h4-6H,7H2,1-3H3,(H,15,16)(H,17,18). The minimum Gasteiger partial charge on any atom is -0.478 e. The average Bonchev–Trinajstić information content (AvgIpc) is 2.25. The Balaban J connectivity index is 2.66. The Kier molecular flexibility index (Phi) is 5.26. The van der Waals surface area contributed by atoms with Crippen molar-refractivity contribution in [2.75, 3.05) is 5.75 Å². The minimum absolute atomic E-state index is 0.0443. The Morgan fingerprint density at radius 3 is 2.53 bits per heavy atom. The molecule has 6 heteroatoms. The third-order valence-corrected chi connectivity index (χ3v) is 3.38. The highest BCUT2D eigenvalue weighted by Crippen LogP contribution is 2.24. The summed E-state index contributed by atoms with van der Waals surface area (Å²) in [6.07, 6.45) is 0. The van der Waals surface area contributed by atoms with Gasteiger partial charge in [0, 0.05) is 10.4 Å². The largest absolute Gasteiger partial charge is 0.478 e. The summed E-state index contributed by atoms with van der Waals surface area (Å²) in [5.41, 5.74) is -0.230. The van der Waals surface area contributed by atoms with E-state index in [1.165, 1.54) is 23.9 Å². The van der Waals surface area contributed by atoms with E-state index in [1.54, 1.807) is 6.07 Å². The molecule has 0 unspecified atom stereocenters. The number of nitrogens with one attached hydrogen (secondary N) is 1. The van der Waals surface area contributed by atoms with Crippen LogP contribution in [0.2, 0.25) is 5.02 Å². The molecule has 4 nitrogen and oxygen atoms in total. The second-order valence-corrected chi connectivity index (χ2v) is 6.49. The molecule has 19 heavy (non-hydrogen) atoms. The highest BCUT2D eigenvalue weighted by atomic mass is 35.5. The molecule has 0 saturated heterocycles. The van der Waals surface area contributed by atoms with Gasteiger partial charge in [0.25, 0.3) is 0 Å². The molecule has 1 aromatic carbocycles. The van der Waals surface area contributed by atoms with Crippen molar-refractivity contribution in [2.45, 2.75) is 31.2 Å². The highest BCUT2D eigenvalue weighted by Gasteiger charge is 2.14. The topological polar surface area (TPSA) is 66.4 Å². The van der Waals surface area contributed by atoms with E-state index in [-0.39, 0.29) is 27.8 Å². The fourth-order valence-corrected chi connectivity index (χ4v) is 2.30. The van der Waals surface area contributed by atoms with Gasteiger partial charge in [-0.2, -0.15) is 0 Å². The van der Waals surface area contributed by atoms with Gasteiger partial charge in [0.2, 0.25) is 5.91 Å². The van der Waals surface area contributed by atoms with E-state index in [1.807, 2.05) is 20.8 Å². The molecule has 1 rings (SSSR count). The normalized spacial score (nSPS) is 11.2. The van der Waals surface area contributed by atoms with Crippen molar-refractivity contribution in [2.24, 2.45) is 0 Å². The minimum atomic E-state index is -1.08. The van der Waals surface area contributed by atoms with Crippen LogP contribution in [0.5, 0.6) is 0 Å². The number of carbonyl (C=O) groups excluding carboxylic acids is 1. The summed E-state index contributed by atoms with van der Waals surface area (Å²) < 4.78 is 0. The number of hydrogen-bond acceptors (Lipinski definition) is 3. The van der Waals surface area contributed by atoms with E-state index in [9.17, 15) is 9.59 Å². The number of amides is 1. The Bertz CT molecular complexity index is 497. The zero-order valence-electron chi connectivity index (χ0n) is 11.0. The average molecular weight is 302 g/mol. The number of aromatic carboxylic acids is 1. The van der Waals surface area contributed by atoms with Crippen molar-refractivity contribution < 1.29 is 14.7 Å². The lowest BCUT2D eigenvalue weighted by Crippen LogP contribution is -2.41. The fraction of sp³-hybridized carbons (Fsp3) is 0.385. The van der Waals surface area contributed by atoms with Gasteiger partial charge in [0.05, 0.1) is 16.3 Å². The maximum absolute atomic E-state index is 11.6. The predicted molar refractivity (Wildman–Crippen MR) is 77.0 cm³/mol. The van der Waals surface area contributed by atoms with Gasteiger partial charge < -0.3 is 10.4 Å². The van der Waals surface area contributed by atoms with E-state index >= 15 is 0 Å². The van der Waals surface area contributed by atoms with E-state index in [2.05, 4.69) is 5.32 Å². The summed E-state index contributed by atoms with van der Waals surface area (Å²) in [5.74, 6) is -0.936. The van der Waals surface area contributed by atoms with E-state index in [0.717, 1.165) is 0 Å². The van der Waals surface area contributed by atoms with Crippen LogP contribution in [0, 0.1) is 0 Å². The van der Waals surface area contributed by atoms with E-state index in [0.29, 0.717) is 4.90 Å². The molecular weight excluding hydrogens is 286 g/mol. The molecule has 0 aliphatic heterocycles. The molecule has 0 aromatic heterocycles. The summed E-state index contributed by atoms with van der Waals surface area (Å²) in [7, 11) is 0. The lowest BCUT2D eigenvalue weighted by atomic mass is 10.1. The van der Waals surface area contributed by atoms with Gasteiger partial charge in [-0.3, -0.25) is 4.79 Å². The number of rotatable bonds is 4. The van der Waals surface area contributed by atoms with Crippen LogP contribution in [0.3, 0.4) is 0 Å². The van der Waals surface area contributed by atoms with Gasteiger partial charge >= 0.3 is 5.97 Å². The number of carbonyl (C=O) groups is 2. The Hall–Kier alpha value is -1.20. The quantitative estimate of drug-likeness (QED) is 0.839. The second kappa shape index (κ2) is 6.30. The van der Waals surface area contributed by atoms with Gasteiger partial charge in [-0.1, -0.05) is 11.6 Å². The number of hydrogen-bond donors (Lipinski definition) is 2. The van der Waals surface area contributed by atoms with Crippen molar-refractivity contribution >= 4 is 35.2 Å². The molecule has 0 bridgehead atoms. The van der Waals surface area contributed by atoms with Crippen LogP contribution in [0.15, 0.2) is 23.1 Å². The van der Waals surface area contributed by atoms with Crippen molar-refractivity contribution in [3.05, 3.63) is 28.8 Å². The molecule has 0 radical (unpaired) electrons. The van der Waals surface area contributed by atoms with Gasteiger partial charge in [-0.15, -0.1) is 11.8 Å². The summed E-state index contributed by atoms with van der Waals surface area (Å²) in [5, 5.41) is 12.0. The molecule has 1 aromatic rings. The Morgan fingerprint density at radius 2 is 2.00 bits per heavy atom. The van der Waals surface area contributed by atoms with Gasteiger partial charge in [-0.25, -0.2) is 4.79 Å². The van der Waals surface area contributed by atoms with Gasteiger partial charge in [0.15, 0.2) is 0 Å². The lowest BCUT2D eigenvalue weighted by molar-refractivity contribution is -0.119. The molecule has 0 fully saturated rings. The second-order valence-electron chi connectivity index (χ2n) is 5.03. The van der Waals surface area contributed by atoms with Crippen molar-refractivity contribution in [3.8, 4) is 0 Å². The molecule has 0 spiro atoms. The SMILES string of the molecule is CC(C)(C)NC(=O)CSc1ccc(Cl)c(C(=O)O)c1. The maximum atomic E-state index is 11.6. The van der Waals surface area contributed by atoms with Crippen molar-refractivity contribution in [3.63, 3.8) is 0 Å². The first-order valence-electron chi connectivity index (χ1n) is 5.66. The molecule has 0 aliphatic carbocycles. The number of halogens is 1. The van der Waals surface area contributed by atoms with Crippen LogP contribution < -0.4 is 5.32 Å². The molecule has 104 valence electrons. The van der Waals surface area contributed by atoms with Crippen molar-refractivity contribution in [1.82, 2.24) is 5.32 Å². The predicted octanol–water partition coefficient (Wildman–Crippen LogP) is 3.05. The Morgan fingerprint density at radius 1 is 1.37 bits per heavy atom. The first-order valence-corrected chi connectivity index (χ1v) is 7.02. The van der Waals surface area contributed by atoms with E-state index in [4.69, 9.17) is 16.7 Å². The molecule has 0 saturated carbocycles. The first-order chi connectivity index (χ1) is 8.69. The third-order valence-electron chi connectivity index (χ3n) is 2.05. The molecular formula is C13H16ClNO3S. The zero-order valence-corrected chi connectivity index (χ0v) is 12.6. The number of thioether (sulfide) groups is 1. The molecule has 2 N–H and O–H groups in total. The first kappa shape index (κ1) is 15.9. The third kappa shape index (κ3) is 5.53. The highest BCUT2D eigenvalue weighted by molar-refractivity contribution is 8.00. The number of benzene rings is 1. The maximum Gasteiger partial charge on any atom is 0.337 e. The van der Waals surface area contributed by atoms with E-state index < -0.39 is 5.97 Å². The van der Waals surface area contributed by atoms with Crippen LogP contribution >= 0.6 is 23.4 Å². The van der Waals surface area contributed by atoms with Gasteiger partial charge in [-0.05, 0) is 39.0 Å². The molecule has 1 amide bonds. The monoisotopic (exact) mass is 301 g/mol. The summed E-state index contributed by atoms with van der Waals surface area (Å²) in [6.45, 7) is 5.71. The smallest absolute Gasteiger partial charge is 0.337 e. The fourth-order valence-electron chi connectivity index (χ4n) is 1.36. The zero-order chi connectivity index (χ0) is 14.6. The van der Waals surface area contributed by atoms with Crippen LogP contribution in [-0.4, -0.2) is 28.3 Å². The van der Waals surface area contributed by atoms with Crippen LogP contribution in [-0.2, 0) is 4.79 Å². The van der Waals surface area contributed by atoms with Crippen LogP contribution in [0.1, 0.15) is 31.1 Å². The summed E-state index contributed by atoms with van der Waals surface area (Å²) in [4.78, 5) is 23.3. The Labute approximate surface area is 121 Å². The molecule has 0 atom stereocenters. The molecule has 0 heterocycles. The summed E-state index contributed by atoms with van der Waals surface area (Å²) in [6, 6.07) is 4.69. The summed E-state index contributed by atoms with van der Waals surface area (Å²) >= 11 is 7.05. The van der Waals surface area contributed by atoms with Crippen molar-refractivity contribution in [1.29, 1.82) is 0 Å². The van der Waals surface area contributed by atoms with Gasteiger partial charge in [0.1, 0.15) is 0 Å². The van der Waals surface area contributed by atoms with Crippen LogP contribution in [0.25, 0.3) is 0 Å². The molecule has 0 aliphatic rings.